The quantitative estimate of drug-likeness (QED) is 0.458. The number of carbonyl (C=O) groups excluding carboxylic acids is 2. The van der Waals surface area contributed by atoms with Crippen molar-refractivity contribution in [2.75, 3.05) is 11.9 Å². The lowest BCUT2D eigenvalue weighted by molar-refractivity contribution is -0.385. The van der Waals surface area contributed by atoms with E-state index in [1.165, 1.54) is 43.3 Å². The predicted molar refractivity (Wildman–Crippen MR) is 104 cm³/mol. The van der Waals surface area contributed by atoms with E-state index in [-0.39, 0.29) is 35.1 Å². The van der Waals surface area contributed by atoms with Crippen molar-refractivity contribution in [2.45, 2.75) is 19.9 Å². The molecular formula is C19H19N5O5. The summed E-state index contributed by atoms with van der Waals surface area (Å²) < 4.78 is 5.45. The van der Waals surface area contributed by atoms with E-state index >= 15 is 0 Å². The first-order valence-electron chi connectivity index (χ1n) is 8.60. The number of anilines is 1. The average molecular weight is 397 g/mol. The highest BCUT2D eigenvalue weighted by Gasteiger charge is 2.22. The molecule has 0 fully saturated rings. The standard InChI is InChI=1S/C19H19N5O5/c1-3-29-18-10-13(21-12(2)25)8-9-15(18)19(26)23-22-16(11-20)14-6-4-5-7-17(14)24(27)28/h4-10,16,22H,3H2,1-2H3,(H,21,25)(H,23,26)/t16-/m1/s1. The molecule has 0 radical (unpaired) electrons. The SMILES string of the molecule is CCOc1cc(NC(C)=O)ccc1C(=O)NN[C@H](C#N)c1ccccc1[N+](=O)[O-]. The lowest BCUT2D eigenvalue weighted by Crippen LogP contribution is -2.40. The fourth-order valence-corrected chi connectivity index (χ4v) is 2.55. The molecule has 0 bridgehead atoms. The largest absolute Gasteiger partial charge is 0.493 e. The fraction of sp³-hybridized carbons (Fsp3) is 0.211. The second kappa shape index (κ2) is 9.82. The Bertz CT molecular complexity index is 970. The molecule has 1 atom stereocenters. The zero-order valence-electron chi connectivity index (χ0n) is 15.8. The summed E-state index contributed by atoms with van der Waals surface area (Å²) >= 11 is 0. The van der Waals surface area contributed by atoms with Crippen LogP contribution in [-0.4, -0.2) is 23.3 Å². The van der Waals surface area contributed by atoms with Crippen LogP contribution in [0.5, 0.6) is 5.75 Å². The van der Waals surface area contributed by atoms with Crippen LogP contribution in [0.3, 0.4) is 0 Å². The van der Waals surface area contributed by atoms with Crippen molar-refractivity contribution < 1.29 is 19.2 Å². The number of hydrogen-bond acceptors (Lipinski definition) is 7. The number of carbonyl (C=O) groups is 2. The molecule has 10 nitrogen and oxygen atoms in total. The van der Waals surface area contributed by atoms with Gasteiger partial charge in [-0.3, -0.25) is 25.1 Å². The van der Waals surface area contributed by atoms with Crippen LogP contribution in [0.4, 0.5) is 11.4 Å². The van der Waals surface area contributed by atoms with Crippen LogP contribution < -0.4 is 20.9 Å². The normalized spacial score (nSPS) is 11.1. The maximum absolute atomic E-state index is 12.6. The van der Waals surface area contributed by atoms with Gasteiger partial charge in [-0.2, -0.15) is 5.26 Å². The van der Waals surface area contributed by atoms with Gasteiger partial charge in [0.05, 0.1) is 28.7 Å². The molecule has 0 aliphatic carbocycles. The maximum atomic E-state index is 12.6. The van der Waals surface area contributed by atoms with E-state index in [1.54, 1.807) is 13.0 Å². The minimum Gasteiger partial charge on any atom is -0.493 e. The number of para-hydroxylation sites is 1. The van der Waals surface area contributed by atoms with Gasteiger partial charge in [-0.1, -0.05) is 12.1 Å². The van der Waals surface area contributed by atoms with Crippen molar-refractivity contribution >= 4 is 23.2 Å². The van der Waals surface area contributed by atoms with E-state index in [9.17, 15) is 25.0 Å². The van der Waals surface area contributed by atoms with Crippen LogP contribution in [0.1, 0.15) is 35.8 Å². The monoisotopic (exact) mass is 397 g/mol. The lowest BCUT2D eigenvalue weighted by atomic mass is 10.1. The van der Waals surface area contributed by atoms with Gasteiger partial charge in [0.2, 0.25) is 5.91 Å². The Balaban J connectivity index is 2.20. The van der Waals surface area contributed by atoms with Gasteiger partial charge in [0.25, 0.3) is 11.6 Å². The van der Waals surface area contributed by atoms with Crippen LogP contribution in [0.15, 0.2) is 42.5 Å². The van der Waals surface area contributed by atoms with Gasteiger partial charge in [0.1, 0.15) is 11.8 Å². The third kappa shape index (κ3) is 5.50. The number of nitriles is 1. The predicted octanol–water partition coefficient (Wildman–Crippen LogP) is 2.45. The van der Waals surface area contributed by atoms with Crippen molar-refractivity contribution in [1.29, 1.82) is 5.26 Å². The van der Waals surface area contributed by atoms with Gasteiger partial charge in [-0.15, -0.1) is 0 Å². The molecule has 3 N–H and O–H groups in total. The molecule has 10 heteroatoms. The highest BCUT2D eigenvalue weighted by atomic mass is 16.6. The fourth-order valence-electron chi connectivity index (χ4n) is 2.55. The van der Waals surface area contributed by atoms with Crippen LogP contribution in [0, 0.1) is 21.4 Å². The minimum atomic E-state index is -1.14. The van der Waals surface area contributed by atoms with Gasteiger partial charge in [-0.05, 0) is 25.1 Å². The summed E-state index contributed by atoms with van der Waals surface area (Å²) in [5, 5.41) is 23.1. The lowest BCUT2D eigenvalue weighted by Gasteiger charge is -2.15. The van der Waals surface area contributed by atoms with Crippen molar-refractivity contribution in [1.82, 2.24) is 10.9 Å². The summed E-state index contributed by atoms with van der Waals surface area (Å²) in [6.07, 6.45) is 0. The maximum Gasteiger partial charge on any atom is 0.275 e. The number of amides is 2. The molecule has 0 saturated carbocycles. The molecule has 2 amide bonds. The third-order valence-electron chi connectivity index (χ3n) is 3.75. The van der Waals surface area contributed by atoms with E-state index in [1.807, 2.05) is 6.07 Å². The van der Waals surface area contributed by atoms with Gasteiger partial charge in [0.15, 0.2) is 0 Å². The Hall–Kier alpha value is -3.97. The number of rotatable bonds is 8. The molecule has 2 rings (SSSR count). The first-order valence-corrected chi connectivity index (χ1v) is 8.60. The molecule has 0 spiro atoms. The molecular weight excluding hydrogens is 378 g/mol. The van der Waals surface area contributed by atoms with E-state index in [0.29, 0.717) is 5.69 Å². The molecule has 2 aromatic rings. The molecule has 0 unspecified atom stereocenters. The second-order valence-corrected chi connectivity index (χ2v) is 5.80. The van der Waals surface area contributed by atoms with Crippen molar-refractivity contribution in [2.24, 2.45) is 0 Å². The van der Waals surface area contributed by atoms with E-state index in [0.717, 1.165) is 0 Å². The Labute approximate surface area is 166 Å². The molecule has 2 aromatic carbocycles. The minimum absolute atomic E-state index is 0.117. The first-order chi connectivity index (χ1) is 13.9. The highest BCUT2D eigenvalue weighted by Crippen LogP contribution is 2.25. The van der Waals surface area contributed by atoms with Gasteiger partial charge in [-0.25, -0.2) is 5.43 Å². The summed E-state index contributed by atoms with van der Waals surface area (Å²) in [5.74, 6) is -0.647. The molecule has 29 heavy (non-hydrogen) atoms. The van der Waals surface area contributed by atoms with Crippen molar-refractivity contribution in [3.63, 3.8) is 0 Å². The van der Waals surface area contributed by atoms with E-state index in [4.69, 9.17) is 4.74 Å². The zero-order valence-corrected chi connectivity index (χ0v) is 15.8. The Morgan fingerprint density at radius 2 is 2.00 bits per heavy atom. The van der Waals surface area contributed by atoms with Crippen LogP contribution in [-0.2, 0) is 4.79 Å². The summed E-state index contributed by atoms with van der Waals surface area (Å²) in [5.41, 5.74) is 5.37. The van der Waals surface area contributed by atoms with Crippen LogP contribution >= 0.6 is 0 Å². The Morgan fingerprint density at radius 1 is 1.28 bits per heavy atom. The molecule has 0 saturated heterocycles. The van der Waals surface area contributed by atoms with Crippen LogP contribution in [0.25, 0.3) is 0 Å². The second-order valence-electron chi connectivity index (χ2n) is 5.80. The van der Waals surface area contributed by atoms with Crippen molar-refractivity contribution in [3.8, 4) is 11.8 Å². The average Bonchev–Trinajstić information content (AvgIpc) is 2.68. The smallest absolute Gasteiger partial charge is 0.275 e. The summed E-state index contributed by atoms with van der Waals surface area (Å²) in [7, 11) is 0. The zero-order chi connectivity index (χ0) is 21.4. The Kier molecular flexibility index (Phi) is 7.22. The number of ether oxygens (including phenoxy) is 1. The molecule has 0 aliphatic heterocycles. The third-order valence-corrected chi connectivity index (χ3v) is 3.75. The Morgan fingerprint density at radius 3 is 2.62 bits per heavy atom. The number of nitrogens with one attached hydrogen (secondary N) is 3. The van der Waals surface area contributed by atoms with Gasteiger partial charge < -0.3 is 10.1 Å². The number of hydrogen-bond donors (Lipinski definition) is 3. The van der Waals surface area contributed by atoms with E-state index in [2.05, 4.69) is 16.2 Å². The highest BCUT2D eigenvalue weighted by molar-refractivity contribution is 5.98. The topological polar surface area (TPSA) is 146 Å². The van der Waals surface area contributed by atoms with Crippen LogP contribution in [0.2, 0.25) is 0 Å². The number of nitro groups is 1. The van der Waals surface area contributed by atoms with Gasteiger partial charge >= 0.3 is 0 Å². The molecule has 0 aliphatic rings. The number of nitrogens with zero attached hydrogens (tertiary/aromatic N) is 2. The number of nitro benzene ring substituents is 1. The number of hydrazine groups is 1. The van der Waals surface area contributed by atoms with Gasteiger partial charge in [0, 0.05) is 24.7 Å². The molecule has 150 valence electrons. The van der Waals surface area contributed by atoms with E-state index < -0.39 is 16.9 Å². The summed E-state index contributed by atoms with van der Waals surface area (Å²) in [6, 6.07) is 11.0. The van der Waals surface area contributed by atoms with Crippen molar-refractivity contribution in [3.05, 3.63) is 63.7 Å². The number of benzene rings is 2. The summed E-state index contributed by atoms with van der Waals surface area (Å²) in [6.45, 7) is 3.38. The summed E-state index contributed by atoms with van der Waals surface area (Å²) in [4.78, 5) is 34.3. The molecule has 0 aromatic heterocycles. The molecule has 0 heterocycles. The first kappa shape index (κ1) is 21.3.